The van der Waals surface area contributed by atoms with Gasteiger partial charge in [0.05, 0.1) is 6.04 Å². The average molecular weight is 363 g/mol. The van der Waals surface area contributed by atoms with Crippen molar-refractivity contribution in [2.24, 2.45) is 5.92 Å². The average Bonchev–Trinajstić information content (AvgIpc) is 3.17. The predicted molar refractivity (Wildman–Crippen MR) is 109 cm³/mol. The Kier molecular flexibility index (Phi) is 5.58. The van der Waals surface area contributed by atoms with Gasteiger partial charge in [-0.2, -0.15) is 0 Å². The lowest BCUT2D eigenvalue weighted by atomic mass is 9.94. The first-order valence-corrected chi connectivity index (χ1v) is 10.4. The quantitative estimate of drug-likeness (QED) is 0.862. The zero-order valence-electron chi connectivity index (χ0n) is 16.3. The first-order valence-electron chi connectivity index (χ1n) is 10.4. The molecule has 1 fully saturated rings. The van der Waals surface area contributed by atoms with E-state index in [9.17, 15) is 4.79 Å². The van der Waals surface area contributed by atoms with Crippen LogP contribution in [0.15, 0.2) is 48.5 Å². The molecular formula is C24H30N2O. The van der Waals surface area contributed by atoms with Crippen molar-refractivity contribution in [3.63, 3.8) is 0 Å². The van der Waals surface area contributed by atoms with Crippen molar-refractivity contribution in [2.75, 3.05) is 13.1 Å². The van der Waals surface area contributed by atoms with Gasteiger partial charge in [0, 0.05) is 12.5 Å². The van der Waals surface area contributed by atoms with E-state index < -0.39 is 0 Å². The zero-order chi connectivity index (χ0) is 18.6. The number of rotatable bonds is 5. The predicted octanol–water partition coefficient (Wildman–Crippen LogP) is 4.26. The molecule has 1 atom stereocenters. The summed E-state index contributed by atoms with van der Waals surface area (Å²) in [5.41, 5.74) is 5.56. The van der Waals surface area contributed by atoms with Gasteiger partial charge in [0.15, 0.2) is 0 Å². The number of amides is 1. The smallest absolute Gasteiger partial charge is 0.223 e. The molecule has 1 aliphatic heterocycles. The SMILES string of the molecule is C[C@H](NC(=O)C1CCN(Cc2ccccc2)CC1)c1ccc2c(c1)CCC2. The van der Waals surface area contributed by atoms with E-state index in [1.807, 2.05) is 0 Å². The van der Waals surface area contributed by atoms with Crippen molar-refractivity contribution in [3.8, 4) is 0 Å². The van der Waals surface area contributed by atoms with Gasteiger partial charge in [0.25, 0.3) is 0 Å². The third kappa shape index (κ3) is 4.41. The Morgan fingerprint density at radius 1 is 1.07 bits per heavy atom. The third-order valence-electron chi connectivity index (χ3n) is 6.19. The highest BCUT2D eigenvalue weighted by atomic mass is 16.1. The number of hydrogen-bond donors (Lipinski definition) is 1. The van der Waals surface area contributed by atoms with Crippen LogP contribution in [0.1, 0.15) is 54.5 Å². The van der Waals surface area contributed by atoms with Crippen molar-refractivity contribution in [1.29, 1.82) is 0 Å². The van der Waals surface area contributed by atoms with Crippen LogP contribution in [0.3, 0.4) is 0 Å². The van der Waals surface area contributed by atoms with Crippen LogP contribution in [-0.2, 0) is 24.2 Å². The molecule has 0 aromatic heterocycles. The molecule has 0 unspecified atom stereocenters. The first-order chi connectivity index (χ1) is 13.2. The monoisotopic (exact) mass is 362 g/mol. The summed E-state index contributed by atoms with van der Waals surface area (Å²) in [6.45, 7) is 5.10. The summed E-state index contributed by atoms with van der Waals surface area (Å²) in [5.74, 6) is 0.372. The highest BCUT2D eigenvalue weighted by molar-refractivity contribution is 5.79. The maximum absolute atomic E-state index is 12.8. The van der Waals surface area contributed by atoms with Gasteiger partial charge < -0.3 is 5.32 Å². The molecule has 2 aromatic carbocycles. The molecule has 3 nitrogen and oxygen atoms in total. The van der Waals surface area contributed by atoms with E-state index in [2.05, 4.69) is 65.7 Å². The fourth-order valence-electron chi connectivity index (χ4n) is 4.47. The number of benzene rings is 2. The van der Waals surface area contributed by atoms with Crippen LogP contribution in [0.2, 0.25) is 0 Å². The molecule has 1 aliphatic carbocycles. The molecule has 3 heteroatoms. The Bertz CT molecular complexity index is 778. The molecule has 0 saturated carbocycles. The lowest BCUT2D eigenvalue weighted by Crippen LogP contribution is -2.40. The standard InChI is InChI=1S/C24H30N2O/c1-18(22-11-10-20-8-5-9-23(20)16-22)25-24(27)21-12-14-26(15-13-21)17-19-6-3-2-4-7-19/h2-4,6-7,10-11,16,18,21H,5,8-9,12-15,17H2,1H3,(H,25,27)/t18-/m0/s1. The molecular weight excluding hydrogens is 332 g/mol. The highest BCUT2D eigenvalue weighted by Crippen LogP contribution is 2.26. The molecule has 27 heavy (non-hydrogen) atoms. The number of aryl methyl sites for hydroxylation is 2. The zero-order valence-corrected chi connectivity index (χ0v) is 16.3. The van der Waals surface area contributed by atoms with Gasteiger partial charge in [-0.25, -0.2) is 0 Å². The van der Waals surface area contributed by atoms with Crippen molar-refractivity contribution in [2.45, 2.75) is 51.6 Å². The second-order valence-electron chi connectivity index (χ2n) is 8.15. The van der Waals surface area contributed by atoms with Crippen LogP contribution in [0, 0.1) is 5.92 Å². The summed E-state index contributed by atoms with van der Waals surface area (Å²) < 4.78 is 0. The molecule has 1 amide bonds. The van der Waals surface area contributed by atoms with Crippen molar-refractivity contribution >= 4 is 5.91 Å². The fourth-order valence-corrected chi connectivity index (χ4v) is 4.47. The van der Waals surface area contributed by atoms with Gasteiger partial charge in [0.2, 0.25) is 5.91 Å². The Morgan fingerprint density at radius 3 is 2.59 bits per heavy atom. The number of nitrogens with one attached hydrogen (secondary N) is 1. The van der Waals surface area contributed by atoms with Gasteiger partial charge >= 0.3 is 0 Å². The topological polar surface area (TPSA) is 32.3 Å². The molecule has 1 N–H and O–H groups in total. The third-order valence-corrected chi connectivity index (χ3v) is 6.19. The number of carbonyl (C=O) groups excluding carboxylic acids is 1. The minimum Gasteiger partial charge on any atom is -0.349 e. The van der Waals surface area contributed by atoms with E-state index >= 15 is 0 Å². The number of piperidine rings is 1. The van der Waals surface area contributed by atoms with E-state index in [4.69, 9.17) is 0 Å². The van der Waals surface area contributed by atoms with Crippen molar-refractivity contribution in [1.82, 2.24) is 10.2 Å². The normalized spacial score (nSPS) is 18.9. The summed E-state index contributed by atoms with van der Waals surface area (Å²) >= 11 is 0. The van der Waals surface area contributed by atoms with Crippen LogP contribution in [0.25, 0.3) is 0 Å². The molecule has 2 aliphatic rings. The maximum Gasteiger partial charge on any atom is 0.223 e. The fraction of sp³-hybridized carbons (Fsp3) is 0.458. The van der Waals surface area contributed by atoms with Gasteiger partial charge in [0.1, 0.15) is 0 Å². The second-order valence-corrected chi connectivity index (χ2v) is 8.15. The van der Waals surface area contributed by atoms with Crippen LogP contribution in [0.4, 0.5) is 0 Å². The molecule has 1 heterocycles. The highest BCUT2D eigenvalue weighted by Gasteiger charge is 2.26. The maximum atomic E-state index is 12.8. The largest absolute Gasteiger partial charge is 0.349 e. The van der Waals surface area contributed by atoms with Crippen LogP contribution >= 0.6 is 0 Å². The minimum absolute atomic E-state index is 0.0887. The van der Waals surface area contributed by atoms with Gasteiger partial charge in [-0.3, -0.25) is 9.69 Å². The molecule has 0 spiro atoms. The van der Waals surface area contributed by atoms with Crippen LogP contribution in [-0.4, -0.2) is 23.9 Å². The summed E-state index contributed by atoms with van der Waals surface area (Å²) in [7, 11) is 0. The molecule has 4 rings (SSSR count). The second kappa shape index (κ2) is 8.26. The first kappa shape index (κ1) is 18.2. The Balaban J connectivity index is 1.28. The number of hydrogen-bond acceptors (Lipinski definition) is 2. The molecule has 142 valence electrons. The van der Waals surface area contributed by atoms with Crippen LogP contribution in [0.5, 0.6) is 0 Å². The van der Waals surface area contributed by atoms with E-state index in [0.29, 0.717) is 0 Å². The minimum atomic E-state index is 0.0887. The van der Waals surface area contributed by atoms with Crippen LogP contribution < -0.4 is 5.32 Å². The summed E-state index contributed by atoms with van der Waals surface area (Å²) in [5, 5.41) is 3.26. The van der Waals surface area contributed by atoms with E-state index in [-0.39, 0.29) is 17.9 Å². The number of carbonyl (C=O) groups is 1. The van der Waals surface area contributed by atoms with E-state index in [1.54, 1.807) is 0 Å². The van der Waals surface area contributed by atoms with Gasteiger partial charge in [-0.15, -0.1) is 0 Å². The molecule has 0 radical (unpaired) electrons. The number of nitrogens with zero attached hydrogens (tertiary/aromatic N) is 1. The number of fused-ring (bicyclic) bond motifs is 1. The molecule has 1 saturated heterocycles. The summed E-state index contributed by atoms with van der Waals surface area (Å²) in [4.78, 5) is 15.2. The molecule has 0 bridgehead atoms. The molecule has 2 aromatic rings. The summed E-state index contributed by atoms with van der Waals surface area (Å²) in [6, 6.07) is 17.4. The number of likely N-dealkylation sites (tertiary alicyclic amines) is 1. The summed E-state index contributed by atoms with van der Waals surface area (Å²) in [6.07, 6.45) is 5.56. The van der Waals surface area contributed by atoms with Gasteiger partial charge in [-0.1, -0.05) is 48.5 Å². The Hall–Kier alpha value is -2.13. The van der Waals surface area contributed by atoms with Gasteiger partial charge in [-0.05, 0) is 74.4 Å². The van der Waals surface area contributed by atoms with E-state index in [0.717, 1.165) is 32.5 Å². The Labute approximate surface area is 162 Å². The van der Waals surface area contributed by atoms with Crippen molar-refractivity contribution < 1.29 is 4.79 Å². The van der Waals surface area contributed by atoms with E-state index in [1.165, 1.54) is 41.5 Å². The lowest BCUT2D eigenvalue weighted by molar-refractivity contribution is -0.127. The van der Waals surface area contributed by atoms with Crippen molar-refractivity contribution in [3.05, 3.63) is 70.8 Å². The Morgan fingerprint density at radius 2 is 1.81 bits per heavy atom. The lowest BCUT2D eigenvalue weighted by Gasteiger charge is -2.32.